The van der Waals surface area contributed by atoms with Gasteiger partial charge in [0.25, 0.3) is 0 Å². The van der Waals surface area contributed by atoms with Gasteiger partial charge in [-0.1, -0.05) is 0 Å². The number of furan rings is 1. The lowest BCUT2D eigenvalue weighted by molar-refractivity contribution is -0.120. The van der Waals surface area contributed by atoms with Crippen molar-refractivity contribution >= 4 is 11.9 Å². The fraction of sp³-hybridized carbons (Fsp3) is 0.400. The molecule has 2 N–H and O–H groups in total. The number of rotatable bonds is 3. The number of carboxylic acids is 1. The number of carbonyl (C=O) groups excluding carboxylic acids is 1. The Morgan fingerprint density at radius 2 is 2.13 bits per heavy atom. The van der Waals surface area contributed by atoms with Crippen LogP contribution in [0.2, 0.25) is 0 Å². The number of carbonyl (C=O) groups is 2. The highest BCUT2D eigenvalue weighted by Gasteiger charge is 2.48. The molecule has 0 aliphatic heterocycles. The summed E-state index contributed by atoms with van der Waals surface area (Å²) in [5.74, 6) is -0.808. The van der Waals surface area contributed by atoms with E-state index in [1.165, 1.54) is 13.0 Å². The van der Waals surface area contributed by atoms with Crippen LogP contribution in [0.5, 0.6) is 0 Å². The van der Waals surface area contributed by atoms with E-state index < -0.39 is 11.5 Å². The zero-order chi connectivity index (χ0) is 11.1. The zero-order valence-corrected chi connectivity index (χ0v) is 8.24. The molecule has 80 valence electrons. The summed E-state index contributed by atoms with van der Waals surface area (Å²) in [7, 11) is 0. The molecule has 1 aromatic heterocycles. The third-order valence-electron chi connectivity index (χ3n) is 2.45. The van der Waals surface area contributed by atoms with E-state index in [9.17, 15) is 9.59 Å². The summed E-state index contributed by atoms with van der Waals surface area (Å²) in [6, 6.07) is 3.01. The Balaban J connectivity index is 2.22. The average molecular weight is 209 g/mol. The largest absolute Gasteiger partial charge is 0.475 e. The summed E-state index contributed by atoms with van der Waals surface area (Å²) in [6.45, 7) is 1.43. The van der Waals surface area contributed by atoms with Crippen LogP contribution in [-0.4, -0.2) is 17.0 Å². The normalized spacial score (nSPS) is 17.1. The summed E-state index contributed by atoms with van der Waals surface area (Å²) < 4.78 is 5.16. The monoisotopic (exact) mass is 209 g/mol. The summed E-state index contributed by atoms with van der Waals surface area (Å²) in [6.07, 6.45) is 1.58. The molecule has 15 heavy (non-hydrogen) atoms. The van der Waals surface area contributed by atoms with Gasteiger partial charge in [0.15, 0.2) is 0 Å². The van der Waals surface area contributed by atoms with Crippen molar-refractivity contribution < 1.29 is 19.1 Å². The van der Waals surface area contributed by atoms with Crippen molar-refractivity contribution in [3.8, 4) is 0 Å². The zero-order valence-electron chi connectivity index (χ0n) is 8.24. The van der Waals surface area contributed by atoms with Gasteiger partial charge in [0, 0.05) is 6.92 Å². The second-order valence-corrected chi connectivity index (χ2v) is 3.73. The van der Waals surface area contributed by atoms with E-state index in [1.54, 1.807) is 6.07 Å². The van der Waals surface area contributed by atoms with E-state index in [0.717, 1.165) is 12.8 Å². The van der Waals surface area contributed by atoms with Crippen molar-refractivity contribution in [3.63, 3.8) is 0 Å². The van der Waals surface area contributed by atoms with E-state index >= 15 is 0 Å². The van der Waals surface area contributed by atoms with Gasteiger partial charge in [-0.3, -0.25) is 4.79 Å². The van der Waals surface area contributed by atoms with E-state index in [2.05, 4.69) is 5.32 Å². The second-order valence-electron chi connectivity index (χ2n) is 3.73. The van der Waals surface area contributed by atoms with Crippen LogP contribution in [0.25, 0.3) is 0 Å². The smallest absolute Gasteiger partial charge is 0.371 e. The number of aromatic carboxylic acids is 1. The Kier molecular flexibility index (Phi) is 2.03. The minimum absolute atomic E-state index is 0.0957. The van der Waals surface area contributed by atoms with Crippen molar-refractivity contribution in [3.05, 3.63) is 23.7 Å². The molecule has 0 saturated heterocycles. The van der Waals surface area contributed by atoms with Gasteiger partial charge in [-0.25, -0.2) is 4.79 Å². The van der Waals surface area contributed by atoms with Crippen LogP contribution >= 0.6 is 0 Å². The number of hydrogen-bond acceptors (Lipinski definition) is 3. The maximum atomic E-state index is 10.9. The fourth-order valence-electron chi connectivity index (χ4n) is 1.60. The first-order valence-corrected chi connectivity index (χ1v) is 4.66. The van der Waals surface area contributed by atoms with Crippen molar-refractivity contribution in [2.75, 3.05) is 0 Å². The highest BCUT2D eigenvalue weighted by atomic mass is 16.4. The third-order valence-corrected chi connectivity index (χ3v) is 2.45. The summed E-state index contributed by atoms with van der Waals surface area (Å²) in [4.78, 5) is 21.5. The molecule has 5 nitrogen and oxygen atoms in total. The molecule has 0 bridgehead atoms. The Labute approximate surface area is 86.1 Å². The first-order chi connectivity index (χ1) is 7.03. The summed E-state index contributed by atoms with van der Waals surface area (Å²) >= 11 is 0. The predicted molar refractivity (Wildman–Crippen MR) is 50.4 cm³/mol. The van der Waals surface area contributed by atoms with Crippen LogP contribution in [0.4, 0.5) is 0 Å². The van der Waals surface area contributed by atoms with Gasteiger partial charge in [0.05, 0.1) is 5.54 Å². The topological polar surface area (TPSA) is 79.5 Å². The number of hydrogen-bond donors (Lipinski definition) is 2. The van der Waals surface area contributed by atoms with Crippen molar-refractivity contribution in [2.24, 2.45) is 0 Å². The molecule has 0 radical (unpaired) electrons. The van der Waals surface area contributed by atoms with Gasteiger partial charge in [-0.15, -0.1) is 0 Å². The highest BCUT2D eigenvalue weighted by Crippen LogP contribution is 2.46. The molecule has 1 heterocycles. The molecule has 1 aliphatic carbocycles. The van der Waals surface area contributed by atoms with E-state index in [4.69, 9.17) is 9.52 Å². The Morgan fingerprint density at radius 3 is 2.53 bits per heavy atom. The quantitative estimate of drug-likeness (QED) is 0.781. The molecule has 0 atom stereocenters. The maximum Gasteiger partial charge on any atom is 0.371 e. The number of amides is 1. The van der Waals surface area contributed by atoms with Crippen LogP contribution in [0.3, 0.4) is 0 Å². The Morgan fingerprint density at radius 1 is 1.47 bits per heavy atom. The van der Waals surface area contributed by atoms with Gasteiger partial charge < -0.3 is 14.8 Å². The molecule has 1 fully saturated rings. The Bertz CT molecular complexity index is 417. The van der Waals surface area contributed by atoms with Gasteiger partial charge in [0.2, 0.25) is 11.7 Å². The summed E-state index contributed by atoms with van der Waals surface area (Å²) in [5.41, 5.74) is -0.459. The van der Waals surface area contributed by atoms with Gasteiger partial charge in [0.1, 0.15) is 5.76 Å². The number of carboxylic acid groups (broad SMARTS) is 1. The van der Waals surface area contributed by atoms with Crippen molar-refractivity contribution in [2.45, 2.75) is 25.3 Å². The lowest BCUT2D eigenvalue weighted by atomic mass is 10.2. The minimum atomic E-state index is -1.10. The molecular weight excluding hydrogens is 198 g/mol. The van der Waals surface area contributed by atoms with Gasteiger partial charge >= 0.3 is 5.97 Å². The fourth-order valence-corrected chi connectivity index (χ4v) is 1.60. The molecule has 0 aromatic carbocycles. The van der Waals surface area contributed by atoms with E-state index in [-0.39, 0.29) is 11.7 Å². The van der Waals surface area contributed by atoms with E-state index in [0.29, 0.717) is 5.76 Å². The van der Waals surface area contributed by atoms with Gasteiger partial charge in [-0.2, -0.15) is 0 Å². The molecule has 5 heteroatoms. The molecule has 1 aromatic rings. The molecule has 1 aliphatic rings. The molecule has 1 saturated carbocycles. The second kappa shape index (κ2) is 3.12. The molecular formula is C10H11NO4. The SMILES string of the molecule is CC(=O)NC1(c2ccc(C(=O)O)o2)CC1. The Hall–Kier alpha value is -1.78. The van der Waals surface area contributed by atoms with Crippen LogP contribution in [-0.2, 0) is 10.3 Å². The van der Waals surface area contributed by atoms with E-state index in [1.807, 2.05) is 0 Å². The van der Waals surface area contributed by atoms with Crippen LogP contribution in [0.1, 0.15) is 36.1 Å². The molecule has 1 amide bonds. The van der Waals surface area contributed by atoms with Crippen LogP contribution in [0, 0.1) is 0 Å². The predicted octanol–water partition coefficient (Wildman–Crippen LogP) is 1.10. The lowest BCUT2D eigenvalue weighted by Crippen LogP contribution is -2.32. The van der Waals surface area contributed by atoms with Crippen LogP contribution < -0.4 is 5.32 Å². The molecule has 0 unspecified atom stereocenters. The average Bonchev–Trinajstić information content (AvgIpc) is 2.75. The third kappa shape index (κ3) is 1.72. The first kappa shape index (κ1) is 9.76. The van der Waals surface area contributed by atoms with Crippen LogP contribution in [0.15, 0.2) is 16.5 Å². The van der Waals surface area contributed by atoms with Crippen molar-refractivity contribution in [1.29, 1.82) is 0 Å². The first-order valence-electron chi connectivity index (χ1n) is 4.66. The highest BCUT2D eigenvalue weighted by molar-refractivity contribution is 5.84. The summed E-state index contributed by atoms with van der Waals surface area (Å²) in [5, 5.41) is 11.5. The standard InChI is InChI=1S/C10H11NO4/c1-6(12)11-10(4-5-10)8-3-2-7(15-8)9(13)14/h2-3H,4-5H2,1H3,(H,11,12)(H,13,14). The minimum Gasteiger partial charge on any atom is -0.475 e. The van der Waals surface area contributed by atoms with Crippen molar-refractivity contribution in [1.82, 2.24) is 5.32 Å². The molecule has 0 spiro atoms. The number of nitrogens with one attached hydrogen (secondary N) is 1. The van der Waals surface area contributed by atoms with Gasteiger partial charge in [-0.05, 0) is 25.0 Å². The lowest BCUT2D eigenvalue weighted by Gasteiger charge is -2.12. The maximum absolute atomic E-state index is 10.9. The molecule has 2 rings (SSSR count).